The number of benzene rings is 2. The van der Waals surface area contributed by atoms with Gasteiger partial charge in [-0.05, 0) is 37.5 Å². The van der Waals surface area contributed by atoms with Gasteiger partial charge in [0.15, 0.2) is 0 Å². The smallest absolute Gasteiger partial charge is 0.264 e. The summed E-state index contributed by atoms with van der Waals surface area (Å²) in [7, 11) is 0. The maximum atomic E-state index is 14.1. The van der Waals surface area contributed by atoms with E-state index in [1.807, 2.05) is 18.2 Å². The maximum absolute atomic E-state index is 14.1. The molecule has 2 unspecified atom stereocenters. The molecule has 1 aromatic heterocycles. The van der Waals surface area contributed by atoms with Gasteiger partial charge in [-0.3, -0.25) is 9.36 Å². The number of hydrogen-bond acceptors (Lipinski definition) is 3. The topological polar surface area (TPSA) is 46.9 Å². The average molecular weight is 337 g/mol. The normalized spacial score (nSPS) is 18.1. The van der Waals surface area contributed by atoms with E-state index >= 15 is 0 Å². The highest BCUT2D eigenvalue weighted by atomic mass is 19.1. The van der Waals surface area contributed by atoms with Crippen molar-refractivity contribution in [2.45, 2.75) is 38.4 Å². The molecule has 0 saturated heterocycles. The van der Waals surface area contributed by atoms with E-state index in [1.165, 1.54) is 11.6 Å². The number of aromatic nitrogens is 2. The number of nitrogens with one attached hydrogen (secondary N) is 1. The van der Waals surface area contributed by atoms with Gasteiger partial charge in [0.2, 0.25) is 0 Å². The van der Waals surface area contributed by atoms with Crippen molar-refractivity contribution in [1.29, 1.82) is 0 Å². The highest BCUT2D eigenvalue weighted by Gasteiger charge is 2.26. The first-order valence-electron chi connectivity index (χ1n) is 8.65. The van der Waals surface area contributed by atoms with Crippen molar-refractivity contribution in [3.05, 3.63) is 76.1 Å². The second-order valence-corrected chi connectivity index (χ2v) is 6.55. The van der Waals surface area contributed by atoms with Crippen LogP contribution in [0.25, 0.3) is 10.9 Å². The van der Waals surface area contributed by atoms with Crippen LogP contribution in [0.3, 0.4) is 0 Å². The van der Waals surface area contributed by atoms with Gasteiger partial charge in [-0.1, -0.05) is 36.4 Å². The summed E-state index contributed by atoms with van der Waals surface area (Å²) < 4.78 is 15.7. The van der Waals surface area contributed by atoms with Crippen molar-refractivity contribution < 1.29 is 4.39 Å². The summed E-state index contributed by atoms with van der Waals surface area (Å²) in [6.45, 7) is 2.69. The first-order valence-corrected chi connectivity index (χ1v) is 8.65. The van der Waals surface area contributed by atoms with E-state index in [9.17, 15) is 9.18 Å². The van der Waals surface area contributed by atoms with E-state index < -0.39 is 5.82 Å². The van der Waals surface area contributed by atoms with Crippen molar-refractivity contribution in [2.75, 3.05) is 0 Å². The van der Waals surface area contributed by atoms with Crippen LogP contribution in [0.15, 0.2) is 53.3 Å². The van der Waals surface area contributed by atoms with E-state index in [1.54, 1.807) is 16.7 Å². The van der Waals surface area contributed by atoms with Gasteiger partial charge >= 0.3 is 0 Å². The summed E-state index contributed by atoms with van der Waals surface area (Å²) in [6.07, 6.45) is 1.78. The molecule has 1 N–H and O–H groups in total. The first-order chi connectivity index (χ1) is 12.1. The molecule has 0 radical (unpaired) electrons. The highest BCUT2D eigenvalue weighted by Crippen LogP contribution is 2.27. The van der Waals surface area contributed by atoms with Crippen LogP contribution in [0.5, 0.6) is 0 Å². The summed E-state index contributed by atoms with van der Waals surface area (Å²) in [5.41, 5.74) is 1.34. The fraction of sp³-hybridized carbons (Fsp3) is 0.300. The predicted octanol–water partition coefficient (Wildman–Crippen LogP) is 3.72. The Morgan fingerprint density at radius 3 is 2.80 bits per heavy atom. The molecule has 0 aliphatic carbocycles. The molecule has 2 atom stereocenters. The van der Waals surface area contributed by atoms with Crippen LogP contribution in [0, 0.1) is 5.82 Å². The lowest BCUT2D eigenvalue weighted by atomic mass is 10.0. The minimum Gasteiger partial charge on any atom is -0.301 e. The minimum atomic E-state index is -0.502. The third-order valence-corrected chi connectivity index (χ3v) is 4.90. The second-order valence-electron chi connectivity index (χ2n) is 6.55. The number of fused-ring (bicyclic) bond motifs is 2. The molecule has 5 heteroatoms. The van der Waals surface area contributed by atoms with Crippen molar-refractivity contribution in [3.8, 4) is 0 Å². The molecule has 4 nitrogen and oxygen atoms in total. The minimum absolute atomic E-state index is 0.0238. The van der Waals surface area contributed by atoms with Crippen LogP contribution in [-0.2, 0) is 6.54 Å². The van der Waals surface area contributed by atoms with Gasteiger partial charge in [0.1, 0.15) is 17.0 Å². The van der Waals surface area contributed by atoms with Gasteiger partial charge in [-0.2, -0.15) is 0 Å². The molecule has 0 bridgehead atoms. The van der Waals surface area contributed by atoms with Crippen LogP contribution in [0.2, 0.25) is 0 Å². The molecule has 3 aromatic rings. The first kappa shape index (κ1) is 16.0. The Morgan fingerprint density at radius 2 is 2.00 bits per heavy atom. The van der Waals surface area contributed by atoms with E-state index in [4.69, 9.17) is 0 Å². The summed E-state index contributed by atoms with van der Waals surface area (Å²) >= 11 is 0. The Balaban J connectivity index is 1.75. The Morgan fingerprint density at radius 1 is 1.20 bits per heavy atom. The van der Waals surface area contributed by atoms with Crippen molar-refractivity contribution >= 4 is 10.9 Å². The van der Waals surface area contributed by atoms with Gasteiger partial charge in [-0.15, -0.1) is 0 Å². The van der Waals surface area contributed by atoms with Crippen LogP contribution in [-0.4, -0.2) is 9.55 Å². The number of hydrogen-bond donors (Lipinski definition) is 1. The lowest BCUT2D eigenvalue weighted by Crippen LogP contribution is -2.37. The molecular weight excluding hydrogens is 317 g/mol. The Hall–Kier alpha value is -2.53. The third kappa shape index (κ3) is 2.85. The molecular formula is C20H20FN3O. The summed E-state index contributed by atoms with van der Waals surface area (Å²) in [4.78, 5) is 17.4. The largest absolute Gasteiger partial charge is 0.301 e. The number of rotatable bonds is 3. The molecule has 0 saturated carbocycles. The van der Waals surface area contributed by atoms with E-state index in [0.29, 0.717) is 17.9 Å². The zero-order chi connectivity index (χ0) is 17.4. The average Bonchev–Trinajstić information content (AvgIpc) is 2.63. The van der Waals surface area contributed by atoms with E-state index in [2.05, 4.69) is 29.4 Å². The molecule has 0 spiro atoms. The van der Waals surface area contributed by atoms with Gasteiger partial charge in [0.05, 0.1) is 11.6 Å². The molecule has 2 aromatic carbocycles. The molecule has 2 heterocycles. The maximum Gasteiger partial charge on any atom is 0.264 e. The lowest BCUT2D eigenvalue weighted by Gasteiger charge is -2.29. The van der Waals surface area contributed by atoms with E-state index in [0.717, 1.165) is 12.8 Å². The van der Waals surface area contributed by atoms with Gasteiger partial charge in [0.25, 0.3) is 5.56 Å². The summed E-state index contributed by atoms with van der Waals surface area (Å²) in [5, 5.41) is 3.67. The molecule has 0 fully saturated rings. The number of halogens is 1. The highest BCUT2D eigenvalue weighted by molar-refractivity contribution is 5.78. The lowest BCUT2D eigenvalue weighted by molar-refractivity contribution is 0.349. The third-order valence-electron chi connectivity index (χ3n) is 4.90. The van der Waals surface area contributed by atoms with Crippen LogP contribution in [0.4, 0.5) is 4.39 Å². The fourth-order valence-corrected chi connectivity index (χ4v) is 3.60. The standard InChI is InChI=1S/C20H20FN3O/c1-13(14-7-3-2-4-8-14)22-17-11-6-12-24-19(17)23-16-10-5-9-15(21)18(16)20(24)25/h2-5,7-10,13,17,22H,6,11-12H2,1H3. The predicted molar refractivity (Wildman–Crippen MR) is 95.9 cm³/mol. The zero-order valence-corrected chi connectivity index (χ0v) is 14.1. The van der Waals surface area contributed by atoms with Crippen molar-refractivity contribution in [2.24, 2.45) is 0 Å². The summed E-state index contributed by atoms with van der Waals surface area (Å²) in [6, 6.07) is 14.9. The summed E-state index contributed by atoms with van der Waals surface area (Å²) in [5.74, 6) is 0.204. The SMILES string of the molecule is CC(NC1CCCn2c1nc1cccc(F)c1c2=O)c1ccccc1. The van der Waals surface area contributed by atoms with Crippen molar-refractivity contribution in [3.63, 3.8) is 0 Å². The molecule has 1 aliphatic heterocycles. The quantitative estimate of drug-likeness (QED) is 0.792. The van der Waals surface area contributed by atoms with Gasteiger partial charge < -0.3 is 5.32 Å². The van der Waals surface area contributed by atoms with Crippen LogP contribution in [0.1, 0.15) is 43.2 Å². The van der Waals surface area contributed by atoms with Gasteiger partial charge in [-0.25, -0.2) is 9.37 Å². The monoisotopic (exact) mass is 337 g/mol. The Kier molecular flexibility index (Phi) is 4.09. The Labute approximate surface area is 145 Å². The molecule has 128 valence electrons. The van der Waals surface area contributed by atoms with Crippen LogP contribution >= 0.6 is 0 Å². The number of nitrogens with zero attached hydrogens (tertiary/aromatic N) is 2. The second kappa shape index (κ2) is 6.41. The van der Waals surface area contributed by atoms with E-state index in [-0.39, 0.29) is 23.0 Å². The molecule has 25 heavy (non-hydrogen) atoms. The zero-order valence-electron chi connectivity index (χ0n) is 14.1. The van der Waals surface area contributed by atoms with Gasteiger partial charge in [0, 0.05) is 12.6 Å². The molecule has 1 aliphatic rings. The molecule has 0 amide bonds. The van der Waals surface area contributed by atoms with Crippen LogP contribution < -0.4 is 10.9 Å². The molecule has 4 rings (SSSR count). The van der Waals surface area contributed by atoms with Crippen molar-refractivity contribution in [1.82, 2.24) is 14.9 Å². The fourth-order valence-electron chi connectivity index (χ4n) is 3.60. The Bertz CT molecular complexity index is 968.